The fourth-order valence-corrected chi connectivity index (χ4v) is 1.86. The molecule has 94 valence electrons. The van der Waals surface area contributed by atoms with E-state index in [1.54, 1.807) is 12.3 Å². The highest BCUT2D eigenvalue weighted by molar-refractivity contribution is 5.34. The first kappa shape index (κ1) is 12.1. The molecule has 0 bridgehead atoms. The Bertz CT molecular complexity index is 348. The molecule has 1 saturated heterocycles. The van der Waals surface area contributed by atoms with Crippen LogP contribution in [0.4, 0.5) is 11.8 Å². The highest BCUT2D eigenvalue weighted by Crippen LogP contribution is 2.02. The zero-order valence-electron chi connectivity index (χ0n) is 10.3. The van der Waals surface area contributed by atoms with E-state index in [9.17, 15) is 0 Å². The Hall–Kier alpha value is -1.40. The van der Waals surface area contributed by atoms with Crippen molar-refractivity contribution in [3.8, 4) is 0 Å². The quantitative estimate of drug-likeness (QED) is 0.749. The van der Waals surface area contributed by atoms with Crippen molar-refractivity contribution in [2.24, 2.45) is 0 Å². The number of hydrogen-bond acceptors (Lipinski definition) is 6. The molecule has 2 heterocycles. The van der Waals surface area contributed by atoms with Crippen LogP contribution < -0.4 is 11.1 Å². The number of anilines is 2. The number of nitrogens with one attached hydrogen (secondary N) is 1. The normalized spacial score (nSPS) is 18.2. The van der Waals surface area contributed by atoms with Crippen molar-refractivity contribution < 1.29 is 0 Å². The van der Waals surface area contributed by atoms with Crippen molar-refractivity contribution in [3.63, 3.8) is 0 Å². The van der Waals surface area contributed by atoms with Crippen molar-refractivity contribution in [3.05, 3.63) is 12.3 Å². The highest BCUT2D eigenvalue weighted by atomic mass is 15.3. The van der Waals surface area contributed by atoms with Crippen LogP contribution in [0.3, 0.4) is 0 Å². The number of likely N-dealkylation sites (N-methyl/N-ethyl adjacent to an activating group) is 1. The molecule has 1 fully saturated rings. The highest BCUT2D eigenvalue weighted by Gasteiger charge is 2.12. The van der Waals surface area contributed by atoms with Crippen molar-refractivity contribution in [1.82, 2.24) is 19.8 Å². The number of nitrogens with two attached hydrogens (primary N) is 1. The molecule has 1 aromatic heterocycles. The summed E-state index contributed by atoms with van der Waals surface area (Å²) in [4.78, 5) is 13.0. The summed E-state index contributed by atoms with van der Waals surface area (Å²) in [7, 11) is 2.16. The maximum atomic E-state index is 5.58. The molecule has 0 atom stereocenters. The first-order valence-electron chi connectivity index (χ1n) is 5.97. The van der Waals surface area contributed by atoms with Gasteiger partial charge in [0, 0.05) is 45.5 Å². The zero-order valence-corrected chi connectivity index (χ0v) is 10.3. The molecule has 1 aromatic rings. The van der Waals surface area contributed by atoms with Gasteiger partial charge in [0.1, 0.15) is 5.82 Å². The van der Waals surface area contributed by atoms with E-state index >= 15 is 0 Å². The van der Waals surface area contributed by atoms with Gasteiger partial charge in [-0.1, -0.05) is 0 Å². The van der Waals surface area contributed by atoms with Gasteiger partial charge in [0.2, 0.25) is 5.95 Å². The van der Waals surface area contributed by atoms with E-state index in [0.29, 0.717) is 11.8 Å². The molecular formula is C11H20N6. The van der Waals surface area contributed by atoms with Gasteiger partial charge in [0.05, 0.1) is 0 Å². The second-order valence-electron chi connectivity index (χ2n) is 4.38. The second kappa shape index (κ2) is 5.79. The minimum absolute atomic E-state index is 0.502. The van der Waals surface area contributed by atoms with Gasteiger partial charge in [0.15, 0.2) is 0 Å². The molecule has 6 nitrogen and oxygen atoms in total. The lowest BCUT2D eigenvalue weighted by Gasteiger charge is -2.32. The molecule has 0 amide bonds. The minimum Gasteiger partial charge on any atom is -0.384 e. The molecule has 0 aromatic carbocycles. The van der Waals surface area contributed by atoms with E-state index in [4.69, 9.17) is 5.73 Å². The molecule has 0 saturated carbocycles. The van der Waals surface area contributed by atoms with Gasteiger partial charge in [-0.15, -0.1) is 0 Å². The molecule has 0 radical (unpaired) electrons. The third kappa shape index (κ3) is 3.83. The summed E-state index contributed by atoms with van der Waals surface area (Å²) >= 11 is 0. The average Bonchev–Trinajstić information content (AvgIpc) is 2.32. The van der Waals surface area contributed by atoms with E-state index in [1.165, 1.54) is 0 Å². The lowest BCUT2D eigenvalue weighted by Crippen LogP contribution is -2.45. The Morgan fingerprint density at radius 2 is 2.12 bits per heavy atom. The van der Waals surface area contributed by atoms with Crippen molar-refractivity contribution in [2.75, 3.05) is 57.4 Å². The molecule has 2 rings (SSSR count). The van der Waals surface area contributed by atoms with Crippen LogP contribution in [-0.2, 0) is 0 Å². The Kier molecular flexibility index (Phi) is 4.11. The molecular weight excluding hydrogens is 216 g/mol. The van der Waals surface area contributed by atoms with E-state index < -0.39 is 0 Å². The summed E-state index contributed by atoms with van der Waals surface area (Å²) in [6.45, 7) is 6.44. The molecule has 6 heteroatoms. The van der Waals surface area contributed by atoms with Gasteiger partial charge in [-0.2, -0.15) is 4.98 Å². The summed E-state index contributed by atoms with van der Waals surface area (Å²) in [5.41, 5.74) is 5.58. The maximum Gasteiger partial charge on any atom is 0.224 e. The van der Waals surface area contributed by atoms with Gasteiger partial charge < -0.3 is 16.0 Å². The standard InChI is InChI=1S/C11H20N6/c1-16-6-8-17(9-7-16)5-4-14-11-13-3-2-10(12)15-11/h2-3H,4-9H2,1H3,(H3,12,13,14,15). The van der Waals surface area contributed by atoms with Crippen LogP contribution in [-0.4, -0.2) is 66.1 Å². The number of hydrogen-bond donors (Lipinski definition) is 2. The Morgan fingerprint density at radius 1 is 1.35 bits per heavy atom. The third-order valence-corrected chi connectivity index (χ3v) is 2.98. The molecule has 0 unspecified atom stereocenters. The van der Waals surface area contributed by atoms with Crippen LogP contribution in [0.2, 0.25) is 0 Å². The lowest BCUT2D eigenvalue weighted by molar-refractivity contribution is 0.158. The fraction of sp³-hybridized carbons (Fsp3) is 0.636. The smallest absolute Gasteiger partial charge is 0.224 e. The molecule has 1 aliphatic rings. The van der Waals surface area contributed by atoms with Gasteiger partial charge >= 0.3 is 0 Å². The number of piperazine rings is 1. The SMILES string of the molecule is CN1CCN(CCNc2nccc(N)n2)CC1. The third-order valence-electron chi connectivity index (χ3n) is 2.98. The first-order valence-corrected chi connectivity index (χ1v) is 5.97. The van der Waals surface area contributed by atoms with Crippen LogP contribution in [0.1, 0.15) is 0 Å². The fourth-order valence-electron chi connectivity index (χ4n) is 1.86. The summed E-state index contributed by atoms with van der Waals surface area (Å²) in [5, 5.41) is 3.19. The van der Waals surface area contributed by atoms with Gasteiger partial charge in [-0.3, -0.25) is 4.90 Å². The van der Waals surface area contributed by atoms with E-state index in [0.717, 1.165) is 39.3 Å². The van der Waals surface area contributed by atoms with Crippen molar-refractivity contribution in [1.29, 1.82) is 0 Å². The summed E-state index contributed by atoms with van der Waals surface area (Å²) in [5.74, 6) is 1.11. The summed E-state index contributed by atoms with van der Waals surface area (Å²) < 4.78 is 0. The lowest BCUT2D eigenvalue weighted by atomic mass is 10.3. The summed E-state index contributed by atoms with van der Waals surface area (Å²) in [6.07, 6.45) is 1.67. The first-order chi connectivity index (χ1) is 8.24. The molecule has 0 aliphatic carbocycles. The van der Waals surface area contributed by atoms with Crippen LogP contribution in [0.25, 0.3) is 0 Å². The largest absolute Gasteiger partial charge is 0.384 e. The Balaban J connectivity index is 1.69. The van der Waals surface area contributed by atoms with Gasteiger partial charge in [0.25, 0.3) is 0 Å². The molecule has 3 N–H and O–H groups in total. The molecule has 1 aliphatic heterocycles. The number of nitrogen functional groups attached to an aromatic ring is 1. The number of aromatic nitrogens is 2. The molecule has 17 heavy (non-hydrogen) atoms. The van der Waals surface area contributed by atoms with Crippen LogP contribution in [0.5, 0.6) is 0 Å². The van der Waals surface area contributed by atoms with Gasteiger partial charge in [-0.05, 0) is 13.1 Å². The van der Waals surface area contributed by atoms with Crippen molar-refractivity contribution in [2.45, 2.75) is 0 Å². The Labute approximate surface area is 102 Å². The monoisotopic (exact) mass is 236 g/mol. The number of rotatable bonds is 4. The van der Waals surface area contributed by atoms with Crippen molar-refractivity contribution >= 4 is 11.8 Å². The van der Waals surface area contributed by atoms with Crippen LogP contribution in [0, 0.1) is 0 Å². The van der Waals surface area contributed by atoms with E-state index in [2.05, 4.69) is 32.1 Å². The minimum atomic E-state index is 0.502. The second-order valence-corrected chi connectivity index (χ2v) is 4.38. The average molecular weight is 236 g/mol. The van der Waals surface area contributed by atoms with Gasteiger partial charge in [-0.25, -0.2) is 4.98 Å². The summed E-state index contributed by atoms with van der Waals surface area (Å²) in [6, 6.07) is 1.69. The number of nitrogens with zero attached hydrogens (tertiary/aromatic N) is 4. The predicted octanol–water partition coefficient (Wildman–Crippen LogP) is -0.282. The van der Waals surface area contributed by atoms with E-state index in [1.807, 2.05) is 0 Å². The maximum absolute atomic E-state index is 5.58. The molecule has 0 spiro atoms. The zero-order chi connectivity index (χ0) is 12.1. The van der Waals surface area contributed by atoms with Crippen LogP contribution in [0.15, 0.2) is 12.3 Å². The van der Waals surface area contributed by atoms with Crippen LogP contribution >= 0.6 is 0 Å². The van der Waals surface area contributed by atoms with E-state index in [-0.39, 0.29) is 0 Å². The predicted molar refractivity (Wildman–Crippen MR) is 68.9 cm³/mol. The topological polar surface area (TPSA) is 70.3 Å². The Morgan fingerprint density at radius 3 is 2.82 bits per heavy atom.